The van der Waals surface area contributed by atoms with Crippen LogP contribution in [0.15, 0.2) is 84.9 Å². The summed E-state index contributed by atoms with van der Waals surface area (Å²) >= 11 is 0. The minimum Gasteiger partial charge on any atom is -0.748 e. The second kappa shape index (κ2) is 17.3. The van der Waals surface area contributed by atoms with E-state index >= 15 is 0 Å². The second-order valence-corrected chi connectivity index (χ2v) is 14.9. The molecule has 0 fully saturated rings. The van der Waals surface area contributed by atoms with Gasteiger partial charge in [-0.15, -0.1) is 0 Å². The van der Waals surface area contributed by atoms with Crippen LogP contribution in [-0.4, -0.2) is 75.6 Å². The minimum absolute atomic E-state index is 0. The summed E-state index contributed by atoms with van der Waals surface area (Å²) in [7, 11) is -4.87. The van der Waals surface area contributed by atoms with E-state index < -0.39 is 31.7 Å². The molecule has 6 rings (SSSR count). The van der Waals surface area contributed by atoms with Gasteiger partial charge in [-0.2, -0.15) is 0 Å². The third-order valence-electron chi connectivity index (χ3n) is 8.04. The first-order chi connectivity index (χ1) is 23.3. The summed E-state index contributed by atoms with van der Waals surface area (Å²) < 4.78 is 72.4. The fourth-order valence-electron chi connectivity index (χ4n) is 5.75. The van der Waals surface area contributed by atoms with Crippen molar-refractivity contribution in [3.63, 3.8) is 0 Å². The van der Waals surface area contributed by atoms with Gasteiger partial charge in [0.1, 0.15) is 11.4 Å². The zero-order chi connectivity index (χ0) is 34.8. The predicted octanol–water partition coefficient (Wildman–Crippen LogP) is -0.770. The molecule has 3 aromatic heterocycles. The van der Waals surface area contributed by atoms with Crippen molar-refractivity contribution in [1.82, 2.24) is 24.1 Å². The van der Waals surface area contributed by atoms with Gasteiger partial charge in [0.05, 0.1) is 42.3 Å². The number of rotatable bonds is 13. The zero-order valence-electron chi connectivity index (χ0n) is 28.9. The van der Waals surface area contributed by atoms with E-state index in [1.165, 1.54) is 0 Å². The van der Waals surface area contributed by atoms with Crippen LogP contribution in [0.4, 0.5) is 5.69 Å². The number of anilines is 1. The largest absolute Gasteiger partial charge is 1.00 e. The maximum absolute atomic E-state index is 11.4. The van der Waals surface area contributed by atoms with Crippen LogP contribution in [0.3, 0.4) is 0 Å². The quantitative estimate of drug-likeness (QED) is 0.108. The molecule has 16 heteroatoms. The van der Waals surface area contributed by atoms with Gasteiger partial charge in [-0.1, -0.05) is 48.6 Å². The molecule has 0 aliphatic heterocycles. The molecule has 0 atom stereocenters. The van der Waals surface area contributed by atoms with E-state index in [-0.39, 0.29) is 85.0 Å². The summed E-state index contributed by atoms with van der Waals surface area (Å²) in [6.45, 7) is 0.434. The van der Waals surface area contributed by atoms with Crippen LogP contribution in [0, 0.1) is 0 Å². The third kappa shape index (κ3) is 10.4. The normalized spacial score (nSPS) is 11.9. The van der Waals surface area contributed by atoms with Crippen molar-refractivity contribution >= 4 is 60.1 Å². The van der Waals surface area contributed by atoms with Gasteiger partial charge in [0.25, 0.3) is 0 Å². The number of benzene rings is 3. The second-order valence-electron chi connectivity index (χ2n) is 11.9. The Labute approximate surface area is 341 Å². The Kier molecular flexibility index (Phi) is 13.9. The maximum atomic E-state index is 11.4. The van der Waals surface area contributed by atoms with E-state index in [0.717, 1.165) is 27.8 Å². The molecule has 3 aromatic carbocycles. The number of para-hydroxylation sites is 4. The first-order valence-electron chi connectivity index (χ1n) is 15.6. The molecule has 254 valence electrons. The predicted molar refractivity (Wildman–Crippen MR) is 190 cm³/mol. The Hall–Kier alpha value is -2.89. The summed E-state index contributed by atoms with van der Waals surface area (Å²) in [6, 6.07) is 26.7. The van der Waals surface area contributed by atoms with Crippen LogP contribution in [0.5, 0.6) is 0 Å². The van der Waals surface area contributed by atoms with Crippen LogP contribution in [0.2, 0.25) is 0 Å². The van der Waals surface area contributed by atoms with Gasteiger partial charge in [-0.05, 0) is 72.5 Å². The summed E-state index contributed by atoms with van der Waals surface area (Å²) in [5, 5.41) is 0. The SMILES string of the molecule is CN(C)c1ccc(/C=C/c2cc(-c3nc4ccccc4n3CCCS(=O)(=O)[O-])nc(-c3nc4ccccc4n3CCCS(=O)(=O)[O-])c2)cc1.[Na+].[Na+]. The summed E-state index contributed by atoms with van der Waals surface area (Å²) in [4.78, 5) is 16.8. The standard InChI is InChI=1S/C35H36N6O6S2.2Na/c1-39(2)27-17-15-25(16-18-27)13-14-26-23-30(34-37-28-9-3-5-11-32(28)40(34)19-7-21-48(42,43)44)36-31(24-26)35-38-29-10-4-6-12-33(29)41(35)20-8-22-49(45,46)47;;/h3-6,9-18,23-24H,7-8,19-22H2,1-2H3,(H,42,43,44)(H,45,46,47);;/q;2*+1/p-2/b14-13+;;. The third-order valence-corrected chi connectivity index (χ3v) is 9.62. The number of hydrogen-bond acceptors (Lipinski definition) is 10. The van der Waals surface area contributed by atoms with E-state index in [1.54, 1.807) is 0 Å². The number of nitrogens with zero attached hydrogens (tertiary/aromatic N) is 6. The molecule has 0 unspecified atom stereocenters. The van der Waals surface area contributed by atoms with Crippen molar-refractivity contribution in [2.75, 3.05) is 30.5 Å². The maximum Gasteiger partial charge on any atom is 1.00 e. The first kappa shape index (κ1) is 40.9. The van der Waals surface area contributed by atoms with Crippen molar-refractivity contribution in [3.05, 3.63) is 96.1 Å². The number of aryl methyl sites for hydroxylation is 2. The Morgan fingerprint density at radius 3 is 1.49 bits per heavy atom. The van der Waals surface area contributed by atoms with Crippen LogP contribution < -0.4 is 64.0 Å². The molecule has 3 heterocycles. The minimum atomic E-state index is -4.41. The van der Waals surface area contributed by atoms with Gasteiger partial charge >= 0.3 is 59.1 Å². The monoisotopic (exact) mass is 744 g/mol. The van der Waals surface area contributed by atoms with Crippen LogP contribution in [0.25, 0.3) is 57.3 Å². The number of hydrogen-bond donors (Lipinski definition) is 0. The van der Waals surface area contributed by atoms with Gasteiger partial charge in [0.2, 0.25) is 0 Å². The average Bonchev–Trinajstić information content (AvgIpc) is 3.61. The Bertz CT molecular complexity index is 2260. The molecule has 0 saturated carbocycles. The molecule has 0 bridgehead atoms. The molecular formula is C35H34N6Na2O6S2. The van der Waals surface area contributed by atoms with E-state index in [9.17, 15) is 25.9 Å². The average molecular weight is 745 g/mol. The number of pyridine rings is 1. The van der Waals surface area contributed by atoms with Crippen molar-refractivity contribution in [1.29, 1.82) is 0 Å². The molecule has 0 aliphatic carbocycles. The van der Waals surface area contributed by atoms with Crippen LogP contribution in [0.1, 0.15) is 24.0 Å². The van der Waals surface area contributed by atoms with Crippen molar-refractivity contribution in [2.45, 2.75) is 25.9 Å². The first-order valence-corrected chi connectivity index (χ1v) is 18.8. The van der Waals surface area contributed by atoms with Crippen molar-refractivity contribution in [3.8, 4) is 23.0 Å². The molecule has 0 saturated heterocycles. The van der Waals surface area contributed by atoms with Gasteiger partial charge in [-0.3, -0.25) is 0 Å². The topological polar surface area (TPSA) is 166 Å². The summed E-state index contributed by atoms with van der Waals surface area (Å²) in [6.07, 6.45) is 4.11. The Balaban J connectivity index is 0.00000292. The molecule has 0 radical (unpaired) electrons. The molecule has 0 amide bonds. The van der Waals surface area contributed by atoms with Crippen LogP contribution >= 0.6 is 0 Å². The number of aromatic nitrogens is 5. The zero-order valence-corrected chi connectivity index (χ0v) is 34.6. The van der Waals surface area contributed by atoms with Gasteiger partial charge < -0.3 is 23.1 Å². The molecule has 6 aromatic rings. The van der Waals surface area contributed by atoms with Gasteiger partial charge in [-0.25, -0.2) is 31.8 Å². The van der Waals surface area contributed by atoms with E-state index in [0.29, 0.717) is 34.1 Å². The fourth-order valence-corrected chi connectivity index (χ4v) is 6.71. The van der Waals surface area contributed by atoms with E-state index in [4.69, 9.17) is 15.0 Å². The molecule has 0 aliphatic rings. The number of imidazole rings is 2. The summed E-state index contributed by atoms with van der Waals surface area (Å²) in [5.74, 6) is -0.0698. The molecular weight excluding hydrogens is 711 g/mol. The summed E-state index contributed by atoms with van der Waals surface area (Å²) in [5.41, 5.74) is 6.68. The smallest absolute Gasteiger partial charge is 0.748 e. The van der Waals surface area contributed by atoms with Crippen molar-refractivity contribution < 1.29 is 85.1 Å². The van der Waals surface area contributed by atoms with Gasteiger partial charge in [0.15, 0.2) is 11.6 Å². The molecule has 0 N–H and O–H groups in total. The molecule has 12 nitrogen and oxygen atoms in total. The van der Waals surface area contributed by atoms with E-state index in [1.807, 2.05) is 125 Å². The molecule has 51 heavy (non-hydrogen) atoms. The Morgan fingerprint density at radius 1 is 0.627 bits per heavy atom. The number of fused-ring (bicyclic) bond motifs is 2. The fraction of sp³-hybridized carbons (Fsp3) is 0.229. The van der Waals surface area contributed by atoms with Crippen molar-refractivity contribution in [2.24, 2.45) is 0 Å². The van der Waals surface area contributed by atoms with E-state index in [2.05, 4.69) is 0 Å². The van der Waals surface area contributed by atoms with Gasteiger partial charge in [0, 0.05) is 44.4 Å². The Morgan fingerprint density at radius 2 is 1.06 bits per heavy atom. The van der Waals surface area contributed by atoms with Crippen LogP contribution in [-0.2, 0) is 33.3 Å². The molecule has 0 spiro atoms.